The summed E-state index contributed by atoms with van der Waals surface area (Å²) in [4.78, 5) is 29.1. The van der Waals surface area contributed by atoms with E-state index < -0.39 is 0 Å². The van der Waals surface area contributed by atoms with Gasteiger partial charge in [0.05, 0.1) is 10.6 Å². The predicted octanol–water partition coefficient (Wildman–Crippen LogP) is 4.91. The summed E-state index contributed by atoms with van der Waals surface area (Å²) in [5.74, 6) is -0.0327. The highest BCUT2D eigenvalue weighted by Gasteiger charge is 2.22. The van der Waals surface area contributed by atoms with Gasteiger partial charge in [-0.15, -0.1) is 0 Å². The number of benzene rings is 2. The van der Waals surface area contributed by atoms with Crippen LogP contribution >= 0.6 is 11.6 Å². The van der Waals surface area contributed by atoms with Gasteiger partial charge in [0.25, 0.3) is 5.91 Å². The van der Waals surface area contributed by atoms with Crippen molar-refractivity contribution in [1.29, 1.82) is 0 Å². The third-order valence-corrected chi connectivity index (χ3v) is 5.30. The number of halogens is 1. The molecule has 0 radical (unpaired) electrons. The summed E-state index contributed by atoms with van der Waals surface area (Å²) in [5.41, 5.74) is 2.40. The highest BCUT2D eigenvalue weighted by molar-refractivity contribution is 6.33. The molecule has 5 heteroatoms. The minimum absolute atomic E-state index is 0.0330. The molecule has 2 amide bonds. The molecule has 0 saturated heterocycles. The lowest BCUT2D eigenvalue weighted by Gasteiger charge is -2.27. The van der Waals surface area contributed by atoms with E-state index in [1.165, 1.54) is 0 Å². The van der Waals surface area contributed by atoms with Crippen molar-refractivity contribution in [2.75, 3.05) is 18.0 Å². The molecule has 27 heavy (non-hydrogen) atoms. The predicted molar refractivity (Wildman–Crippen MR) is 109 cm³/mol. The van der Waals surface area contributed by atoms with Gasteiger partial charge in [-0.05, 0) is 36.6 Å². The van der Waals surface area contributed by atoms with Crippen molar-refractivity contribution in [2.45, 2.75) is 39.2 Å². The number of rotatable bonds is 1. The van der Waals surface area contributed by atoms with E-state index in [1.54, 1.807) is 19.1 Å². The number of amides is 2. The van der Waals surface area contributed by atoms with Gasteiger partial charge in [-0.3, -0.25) is 9.59 Å². The maximum absolute atomic E-state index is 13.2. The van der Waals surface area contributed by atoms with Crippen LogP contribution in [0.2, 0.25) is 5.02 Å². The molecule has 1 heterocycles. The molecule has 0 atom stereocenters. The van der Waals surface area contributed by atoms with E-state index in [2.05, 4.69) is 0 Å². The Bertz CT molecular complexity index is 821. The number of nitrogens with zero attached hydrogens (tertiary/aromatic N) is 2. The second-order valence-electron chi connectivity index (χ2n) is 6.92. The Morgan fingerprint density at radius 3 is 2.30 bits per heavy atom. The summed E-state index contributed by atoms with van der Waals surface area (Å²) in [6, 6.07) is 15.0. The Morgan fingerprint density at radius 1 is 0.889 bits per heavy atom. The zero-order chi connectivity index (χ0) is 19.2. The van der Waals surface area contributed by atoms with Crippen LogP contribution in [0, 0.1) is 0 Å². The van der Waals surface area contributed by atoms with Gasteiger partial charge in [0.15, 0.2) is 0 Å². The highest BCUT2D eigenvalue weighted by Crippen LogP contribution is 2.26. The Labute approximate surface area is 165 Å². The number of hydrogen-bond acceptors (Lipinski definition) is 2. The van der Waals surface area contributed by atoms with Gasteiger partial charge in [-0.25, -0.2) is 0 Å². The van der Waals surface area contributed by atoms with Crippen molar-refractivity contribution in [3.05, 3.63) is 64.7 Å². The van der Waals surface area contributed by atoms with Crippen LogP contribution in [0.3, 0.4) is 0 Å². The van der Waals surface area contributed by atoms with Crippen LogP contribution in [0.4, 0.5) is 5.69 Å². The van der Waals surface area contributed by atoms with Crippen molar-refractivity contribution in [2.24, 2.45) is 0 Å². The lowest BCUT2D eigenvalue weighted by molar-refractivity contribution is -0.116. The molecule has 2 aromatic carbocycles. The molecule has 3 rings (SSSR count). The lowest BCUT2D eigenvalue weighted by atomic mass is 10.1. The van der Waals surface area contributed by atoms with Gasteiger partial charge < -0.3 is 9.80 Å². The molecule has 0 aliphatic carbocycles. The monoisotopic (exact) mass is 384 g/mol. The molecule has 142 valence electrons. The first-order chi connectivity index (χ1) is 13.1. The number of para-hydroxylation sites is 1. The van der Waals surface area contributed by atoms with E-state index >= 15 is 0 Å². The van der Waals surface area contributed by atoms with Gasteiger partial charge in [0.2, 0.25) is 5.91 Å². The summed E-state index contributed by atoms with van der Waals surface area (Å²) in [7, 11) is 0. The average molecular weight is 385 g/mol. The van der Waals surface area contributed by atoms with Crippen molar-refractivity contribution in [1.82, 2.24) is 4.90 Å². The maximum atomic E-state index is 13.2. The van der Waals surface area contributed by atoms with E-state index in [4.69, 9.17) is 11.6 Å². The number of hydrogen-bond donors (Lipinski definition) is 0. The standard InChI is InChI=1S/C22H25ClN2O2/c1-17(26)25-15-9-3-2-8-14-24(16-18-10-4-7-13-21(18)25)22(27)19-11-5-6-12-20(19)23/h4-7,10-13H,2-3,8-9,14-16H2,1H3. The minimum atomic E-state index is -0.0657. The van der Waals surface area contributed by atoms with Crippen molar-refractivity contribution >= 4 is 29.1 Å². The topological polar surface area (TPSA) is 40.6 Å². The molecule has 1 aliphatic rings. The van der Waals surface area contributed by atoms with Crippen LogP contribution in [0.5, 0.6) is 0 Å². The second kappa shape index (κ2) is 9.05. The van der Waals surface area contributed by atoms with Crippen LogP contribution in [0.15, 0.2) is 48.5 Å². The van der Waals surface area contributed by atoms with E-state index in [0.29, 0.717) is 30.2 Å². The molecular weight excluding hydrogens is 360 g/mol. The minimum Gasteiger partial charge on any atom is -0.334 e. The van der Waals surface area contributed by atoms with E-state index in [0.717, 1.165) is 36.9 Å². The molecule has 0 N–H and O–H groups in total. The van der Waals surface area contributed by atoms with Gasteiger partial charge in [0, 0.05) is 32.2 Å². The zero-order valence-electron chi connectivity index (χ0n) is 15.7. The fraction of sp³-hybridized carbons (Fsp3) is 0.364. The van der Waals surface area contributed by atoms with Crippen molar-refractivity contribution < 1.29 is 9.59 Å². The van der Waals surface area contributed by atoms with Gasteiger partial charge in [0.1, 0.15) is 0 Å². The SMILES string of the molecule is CC(=O)N1CCCCCCN(C(=O)c2ccccc2Cl)Cc2ccccc21. The second-order valence-corrected chi connectivity index (χ2v) is 7.33. The Balaban J connectivity index is 1.96. The normalized spacial score (nSPS) is 15.6. The molecule has 1 aliphatic heterocycles. The van der Waals surface area contributed by atoms with E-state index in [1.807, 2.05) is 46.2 Å². The summed E-state index contributed by atoms with van der Waals surface area (Å²) in [6.45, 7) is 3.45. The van der Waals surface area contributed by atoms with E-state index in [9.17, 15) is 9.59 Å². The van der Waals surface area contributed by atoms with Gasteiger partial charge in [-0.2, -0.15) is 0 Å². The van der Waals surface area contributed by atoms with Gasteiger partial charge >= 0.3 is 0 Å². The third-order valence-electron chi connectivity index (χ3n) is 4.97. The fourth-order valence-corrected chi connectivity index (χ4v) is 3.76. The molecule has 0 aromatic heterocycles. The maximum Gasteiger partial charge on any atom is 0.255 e. The van der Waals surface area contributed by atoms with Crippen LogP contribution in [0.25, 0.3) is 0 Å². The first-order valence-corrected chi connectivity index (χ1v) is 9.85. The van der Waals surface area contributed by atoms with Crippen LogP contribution in [-0.2, 0) is 11.3 Å². The summed E-state index contributed by atoms with van der Waals surface area (Å²) < 4.78 is 0. The zero-order valence-corrected chi connectivity index (χ0v) is 16.4. The Morgan fingerprint density at radius 2 is 1.56 bits per heavy atom. The quantitative estimate of drug-likeness (QED) is 0.700. The molecule has 0 fully saturated rings. The number of carbonyl (C=O) groups is 2. The van der Waals surface area contributed by atoms with Crippen molar-refractivity contribution in [3.8, 4) is 0 Å². The average Bonchev–Trinajstić information content (AvgIpc) is 2.70. The summed E-state index contributed by atoms with van der Waals surface area (Å²) >= 11 is 6.26. The van der Waals surface area contributed by atoms with Gasteiger partial charge in [-0.1, -0.05) is 54.8 Å². The first kappa shape index (κ1) is 19.4. The summed E-state index contributed by atoms with van der Waals surface area (Å²) in [5, 5.41) is 0.468. The van der Waals surface area contributed by atoms with Crippen LogP contribution in [0.1, 0.15) is 48.5 Å². The Kier molecular flexibility index (Phi) is 6.51. The summed E-state index contributed by atoms with van der Waals surface area (Å²) in [6.07, 6.45) is 3.99. The number of anilines is 1. The smallest absolute Gasteiger partial charge is 0.255 e. The molecule has 0 saturated carbocycles. The van der Waals surface area contributed by atoms with Crippen molar-refractivity contribution in [3.63, 3.8) is 0 Å². The molecule has 4 nitrogen and oxygen atoms in total. The first-order valence-electron chi connectivity index (χ1n) is 9.47. The fourth-order valence-electron chi connectivity index (χ4n) is 3.54. The molecular formula is C22H25ClN2O2. The molecule has 0 bridgehead atoms. The highest BCUT2D eigenvalue weighted by atomic mass is 35.5. The molecule has 2 aromatic rings. The Hall–Kier alpha value is -2.33. The molecule has 0 unspecified atom stereocenters. The van der Waals surface area contributed by atoms with Crippen LogP contribution < -0.4 is 4.90 Å². The van der Waals surface area contributed by atoms with Crippen LogP contribution in [-0.4, -0.2) is 29.8 Å². The molecule has 0 spiro atoms. The lowest BCUT2D eigenvalue weighted by Crippen LogP contribution is -2.34. The third kappa shape index (κ3) is 4.69. The van der Waals surface area contributed by atoms with E-state index in [-0.39, 0.29) is 11.8 Å². The largest absolute Gasteiger partial charge is 0.334 e. The number of fused-ring (bicyclic) bond motifs is 1. The number of carbonyl (C=O) groups excluding carboxylic acids is 2.